The van der Waals surface area contributed by atoms with Crippen LogP contribution in [0.5, 0.6) is 11.5 Å². The number of nitrogens with one attached hydrogen (secondary N) is 1. The van der Waals surface area contributed by atoms with Crippen molar-refractivity contribution in [2.45, 2.75) is 24.1 Å². The Morgan fingerprint density at radius 1 is 1.26 bits per heavy atom. The summed E-state index contributed by atoms with van der Waals surface area (Å²) in [6, 6.07) is 6.87. The summed E-state index contributed by atoms with van der Waals surface area (Å²) in [5, 5.41) is 17.7. The Bertz CT molecular complexity index is 1800. The average molecular weight is 622 g/mol. The van der Waals surface area contributed by atoms with E-state index in [-0.39, 0.29) is 45.5 Å². The molecule has 2 aromatic carbocycles. The summed E-state index contributed by atoms with van der Waals surface area (Å²) >= 11 is 5.92. The third kappa shape index (κ3) is 4.99. The number of aryl methyl sites for hydroxylation is 1. The van der Waals surface area contributed by atoms with Crippen LogP contribution < -0.4 is 20.5 Å². The normalized spacial score (nSPS) is 17.7. The van der Waals surface area contributed by atoms with Crippen molar-refractivity contribution in [1.29, 1.82) is 0 Å². The highest BCUT2D eigenvalue weighted by Gasteiger charge is 2.57. The van der Waals surface area contributed by atoms with Crippen LogP contribution in [0.3, 0.4) is 0 Å². The van der Waals surface area contributed by atoms with Gasteiger partial charge in [-0.2, -0.15) is 18.3 Å². The Hall–Kier alpha value is -4.43. The van der Waals surface area contributed by atoms with Gasteiger partial charge in [-0.3, -0.25) is 14.3 Å². The summed E-state index contributed by atoms with van der Waals surface area (Å²) in [6.45, 7) is -0.334. The molecule has 226 valence electrons. The Labute approximate surface area is 246 Å². The summed E-state index contributed by atoms with van der Waals surface area (Å²) < 4.78 is 70.3. The molecule has 10 nitrogen and oxygen atoms in total. The van der Waals surface area contributed by atoms with Crippen LogP contribution in [0.2, 0.25) is 5.02 Å². The minimum atomic E-state index is -5.38. The van der Waals surface area contributed by atoms with Crippen LogP contribution in [0.15, 0.2) is 42.6 Å². The second-order valence-electron chi connectivity index (χ2n) is 10.3. The van der Waals surface area contributed by atoms with E-state index in [9.17, 15) is 32.3 Å². The van der Waals surface area contributed by atoms with E-state index >= 15 is 0 Å². The van der Waals surface area contributed by atoms with Gasteiger partial charge >= 0.3 is 6.18 Å². The number of nitrogens with two attached hydrogens (primary N) is 1. The number of benzene rings is 2. The van der Waals surface area contributed by atoms with E-state index in [0.29, 0.717) is 10.9 Å². The maximum Gasteiger partial charge on any atom is 0.424 e. The lowest BCUT2D eigenvalue weighted by Gasteiger charge is -2.31. The van der Waals surface area contributed by atoms with E-state index in [1.807, 2.05) is 0 Å². The number of hydrogen-bond acceptors (Lipinski definition) is 7. The van der Waals surface area contributed by atoms with Crippen molar-refractivity contribution in [2.24, 2.45) is 12.8 Å². The molecule has 0 spiro atoms. The number of fused-ring (bicyclic) bond motifs is 2. The quantitative estimate of drug-likeness (QED) is 0.267. The first-order valence-electron chi connectivity index (χ1n) is 12.6. The number of amides is 2. The number of alkyl halides is 3. The van der Waals surface area contributed by atoms with Crippen molar-refractivity contribution in [3.63, 3.8) is 0 Å². The maximum absolute atomic E-state index is 14.7. The monoisotopic (exact) mass is 621 g/mol. The van der Waals surface area contributed by atoms with Crippen molar-refractivity contribution in [3.05, 3.63) is 70.3 Å². The van der Waals surface area contributed by atoms with E-state index in [4.69, 9.17) is 26.8 Å². The number of primary amides is 1. The van der Waals surface area contributed by atoms with Gasteiger partial charge in [-0.1, -0.05) is 11.6 Å². The van der Waals surface area contributed by atoms with Gasteiger partial charge in [0, 0.05) is 35.3 Å². The van der Waals surface area contributed by atoms with Gasteiger partial charge < -0.3 is 25.6 Å². The number of ether oxygens (including phenoxy) is 2. The summed E-state index contributed by atoms with van der Waals surface area (Å²) in [5.74, 6) is -2.53. The molecule has 2 aromatic heterocycles. The molecule has 1 aliphatic rings. The third-order valence-corrected chi connectivity index (χ3v) is 7.67. The number of carbonyl (C=O) groups is 2. The number of carbonyl (C=O) groups excluding carboxylic acids is 2. The van der Waals surface area contributed by atoms with Crippen molar-refractivity contribution in [3.8, 4) is 22.8 Å². The fourth-order valence-corrected chi connectivity index (χ4v) is 4.97. The lowest BCUT2D eigenvalue weighted by Crippen LogP contribution is -2.51. The SMILES string of the molecule is COc1cc(C(=O)NC[C@](O)(c2cc3c(c(-c4ccc(F)c(Cl)c4)n2)OC[C@]3(C)C(N)=O)C(F)(F)F)cc2cn(C)nc12. The molecule has 5 rings (SSSR count). The molecule has 4 N–H and O–H groups in total. The second-order valence-corrected chi connectivity index (χ2v) is 10.7. The molecule has 0 saturated carbocycles. The Kier molecular flexibility index (Phi) is 7.25. The molecule has 2 atom stereocenters. The van der Waals surface area contributed by atoms with Gasteiger partial charge in [0.25, 0.3) is 5.91 Å². The van der Waals surface area contributed by atoms with Crippen LogP contribution in [0.1, 0.15) is 28.5 Å². The van der Waals surface area contributed by atoms with Gasteiger partial charge in [0.2, 0.25) is 11.5 Å². The first-order valence-corrected chi connectivity index (χ1v) is 13.0. The summed E-state index contributed by atoms with van der Waals surface area (Å²) in [4.78, 5) is 29.5. The molecule has 15 heteroatoms. The highest BCUT2D eigenvalue weighted by molar-refractivity contribution is 6.31. The maximum atomic E-state index is 14.7. The molecular formula is C28H24ClF4N5O5. The predicted octanol–water partition coefficient (Wildman–Crippen LogP) is 3.75. The van der Waals surface area contributed by atoms with Gasteiger partial charge in [0.1, 0.15) is 40.5 Å². The molecular weight excluding hydrogens is 598 g/mol. The second kappa shape index (κ2) is 10.4. The number of aliphatic hydroxyl groups is 1. The molecule has 0 fully saturated rings. The molecule has 4 aromatic rings. The number of hydrogen-bond donors (Lipinski definition) is 3. The smallest absolute Gasteiger partial charge is 0.424 e. The van der Waals surface area contributed by atoms with Crippen LogP contribution in [0.4, 0.5) is 17.6 Å². The van der Waals surface area contributed by atoms with E-state index in [0.717, 1.165) is 18.2 Å². The lowest BCUT2D eigenvalue weighted by atomic mass is 9.81. The van der Waals surface area contributed by atoms with Crippen LogP contribution in [0, 0.1) is 5.82 Å². The molecule has 2 amide bonds. The summed E-state index contributed by atoms with van der Waals surface area (Å²) in [5.41, 5.74) is -0.654. The number of aromatic nitrogens is 3. The van der Waals surface area contributed by atoms with Gasteiger partial charge in [0.05, 0.1) is 24.4 Å². The topological polar surface area (TPSA) is 142 Å². The molecule has 0 unspecified atom stereocenters. The zero-order chi connectivity index (χ0) is 31.5. The minimum Gasteiger partial charge on any atom is -0.494 e. The summed E-state index contributed by atoms with van der Waals surface area (Å²) in [6.07, 6.45) is -3.79. The zero-order valence-corrected chi connectivity index (χ0v) is 23.6. The van der Waals surface area contributed by atoms with Crippen molar-refractivity contribution in [2.75, 3.05) is 20.3 Å². The van der Waals surface area contributed by atoms with Gasteiger partial charge in [-0.05, 0) is 43.3 Å². The Morgan fingerprint density at radius 2 is 1.98 bits per heavy atom. The Balaban J connectivity index is 1.60. The predicted molar refractivity (Wildman–Crippen MR) is 146 cm³/mol. The number of methoxy groups -OCH3 is 1. The first-order chi connectivity index (χ1) is 20.1. The zero-order valence-electron chi connectivity index (χ0n) is 22.8. The van der Waals surface area contributed by atoms with E-state index in [1.54, 1.807) is 13.2 Å². The standard InChI is InChI=1S/C28H24ClF4N5O5/c1-26(25(34)40)12-43-23-16(26)9-20(36-22(23)13-4-5-18(30)17(29)7-13)27(41,28(31,32)33)11-35-24(39)14-6-15-10-38(2)37-21(15)19(8-14)42-3/h4-10,41H,11-12H2,1-3H3,(H2,34,40)(H,35,39)/t26-,27-/m0/s1. The highest BCUT2D eigenvalue weighted by atomic mass is 35.5. The van der Waals surface area contributed by atoms with Crippen LogP contribution in [-0.2, 0) is 22.9 Å². The molecule has 0 aliphatic carbocycles. The van der Waals surface area contributed by atoms with Crippen molar-refractivity contribution >= 4 is 34.3 Å². The van der Waals surface area contributed by atoms with Gasteiger partial charge in [-0.15, -0.1) is 0 Å². The third-order valence-electron chi connectivity index (χ3n) is 7.38. The van der Waals surface area contributed by atoms with Gasteiger partial charge in [0.15, 0.2) is 0 Å². The van der Waals surface area contributed by atoms with Gasteiger partial charge in [-0.25, -0.2) is 9.37 Å². The Morgan fingerprint density at radius 3 is 2.60 bits per heavy atom. The number of nitrogens with zero attached hydrogens (tertiary/aromatic N) is 3. The van der Waals surface area contributed by atoms with Crippen molar-refractivity contribution < 1.29 is 41.7 Å². The van der Waals surface area contributed by atoms with E-state index in [1.165, 1.54) is 36.9 Å². The molecule has 43 heavy (non-hydrogen) atoms. The lowest BCUT2D eigenvalue weighted by molar-refractivity contribution is -0.265. The minimum absolute atomic E-state index is 0.0450. The fraction of sp³-hybridized carbons (Fsp3) is 0.286. The largest absolute Gasteiger partial charge is 0.494 e. The molecule has 0 saturated heterocycles. The summed E-state index contributed by atoms with van der Waals surface area (Å²) in [7, 11) is 3.00. The van der Waals surface area contributed by atoms with E-state index < -0.39 is 47.1 Å². The number of pyridine rings is 1. The van der Waals surface area contributed by atoms with Crippen molar-refractivity contribution in [1.82, 2.24) is 20.1 Å². The van der Waals surface area contributed by atoms with Crippen LogP contribution in [-0.4, -0.2) is 58.1 Å². The molecule has 0 radical (unpaired) electrons. The average Bonchev–Trinajstić information content (AvgIpc) is 3.51. The molecule has 1 aliphatic heterocycles. The number of rotatable bonds is 7. The first kappa shape index (κ1) is 30.0. The molecule has 3 heterocycles. The van der Waals surface area contributed by atoms with Crippen LogP contribution >= 0.6 is 11.6 Å². The highest BCUT2D eigenvalue weighted by Crippen LogP contribution is 2.48. The fourth-order valence-electron chi connectivity index (χ4n) is 4.79. The number of halogens is 5. The van der Waals surface area contributed by atoms with E-state index in [2.05, 4.69) is 15.4 Å². The van der Waals surface area contributed by atoms with Crippen LogP contribution in [0.25, 0.3) is 22.2 Å². The molecule has 0 bridgehead atoms.